The van der Waals surface area contributed by atoms with Crippen LogP contribution in [0.3, 0.4) is 0 Å². The predicted octanol–water partition coefficient (Wildman–Crippen LogP) is 2.53. The Bertz CT molecular complexity index is 416. The van der Waals surface area contributed by atoms with Gasteiger partial charge in [-0.25, -0.2) is 0 Å². The third kappa shape index (κ3) is 5.98. The second-order valence-corrected chi connectivity index (χ2v) is 5.16. The fourth-order valence-corrected chi connectivity index (χ4v) is 1.86. The Hall–Kier alpha value is -1.13. The van der Waals surface area contributed by atoms with E-state index in [0.29, 0.717) is 6.54 Å². The molecule has 0 aliphatic rings. The molecule has 0 heterocycles. The Morgan fingerprint density at radius 3 is 2.78 bits per heavy atom. The molecule has 0 radical (unpaired) electrons. The molecule has 0 spiro atoms. The van der Waals surface area contributed by atoms with Gasteiger partial charge in [0, 0.05) is 17.1 Å². The van der Waals surface area contributed by atoms with E-state index in [0.717, 1.165) is 23.0 Å². The highest BCUT2D eigenvalue weighted by Crippen LogP contribution is 2.16. The lowest BCUT2D eigenvalue weighted by Gasteiger charge is -2.08. The fraction of sp³-hybridized carbons (Fsp3) is 0.357. The molecule has 0 fully saturated rings. The van der Waals surface area contributed by atoms with E-state index in [1.165, 1.54) is 0 Å². The summed E-state index contributed by atoms with van der Waals surface area (Å²) in [5, 5.41) is 2.86. The third-order valence-corrected chi connectivity index (χ3v) is 3.12. The zero-order chi connectivity index (χ0) is 13.4. The van der Waals surface area contributed by atoms with Gasteiger partial charge in [0.15, 0.2) is 0 Å². The Labute approximate surface area is 117 Å². The predicted molar refractivity (Wildman–Crippen MR) is 79.4 cm³/mol. The van der Waals surface area contributed by atoms with Gasteiger partial charge in [-0.3, -0.25) is 4.79 Å². The number of hydrogen-bond donors (Lipinski definition) is 1. The van der Waals surface area contributed by atoms with Crippen molar-refractivity contribution in [3.63, 3.8) is 0 Å². The Kier molecular flexibility index (Phi) is 6.68. The van der Waals surface area contributed by atoms with E-state index in [-0.39, 0.29) is 5.91 Å². The molecule has 0 aliphatic heterocycles. The first-order valence-electron chi connectivity index (χ1n) is 5.95. The molecule has 3 nitrogen and oxygen atoms in total. The van der Waals surface area contributed by atoms with Crippen LogP contribution in [0.2, 0.25) is 0 Å². The van der Waals surface area contributed by atoms with Gasteiger partial charge in [0.05, 0.1) is 0 Å². The summed E-state index contributed by atoms with van der Waals surface area (Å²) in [5.41, 5.74) is 1.00. The summed E-state index contributed by atoms with van der Waals surface area (Å²) >= 11 is 3.44. The van der Waals surface area contributed by atoms with E-state index in [1.807, 2.05) is 44.4 Å². The average Bonchev–Trinajstić information content (AvgIpc) is 2.33. The number of carbonyl (C=O) groups excluding carboxylic acids is 1. The van der Waals surface area contributed by atoms with Gasteiger partial charge in [-0.1, -0.05) is 34.1 Å². The first-order chi connectivity index (χ1) is 8.59. The molecule has 0 atom stereocenters. The van der Waals surface area contributed by atoms with Crippen molar-refractivity contribution in [1.29, 1.82) is 0 Å². The van der Waals surface area contributed by atoms with Crippen LogP contribution in [0.5, 0.6) is 0 Å². The topological polar surface area (TPSA) is 32.3 Å². The molecule has 18 heavy (non-hydrogen) atoms. The highest BCUT2D eigenvalue weighted by Gasteiger charge is 1.97. The largest absolute Gasteiger partial charge is 0.353 e. The third-order valence-electron chi connectivity index (χ3n) is 2.40. The maximum atomic E-state index is 11.5. The Balaban J connectivity index is 2.34. The number of nitrogens with zero attached hydrogens (tertiary/aromatic N) is 1. The van der Waals surface area contributed by atoms with Crippen LogP contribution in [-0.2, 0) is 4.79 Å². The normalized spacial score (nSPS) is 11.1. The van der Waals surface area contributed by atoms with Gasteiger partial charge in [0.25, 0.3) is 0 Å². The molecule has 1 rings (SSSR count). The highest BCUT2D eigenvalue weighted by atomic mass is 79.9. The van der Waals surface area contributed by atoms with Crippen molar-refractivity contribution in [2.75, 3.05) is 27.2 Å². The molecular formula is C14H19BrN2O. The van der Waals surface area contributed by atoms with E-state index in [9.17, 15) is 4.79 Å². The summed E-state index contributed by atoms with van der Waals surface area (Å²) in [6.45, 7) is 1.69. The zero-order valence-electron chi connectivity index (χ0n) is 10.8. The maximum Gasteiger partial charge on any atom is 0.244 e. The summed E-state index contributed by atoms with van der Waals surface area (Å²) in [6, 6.07) is 7.80. The number of halogens is 1. The van der Waals surface area contributed by atoms with Gasteiger partial charge < -0.3 is 10.2 Å². The van der Waals surface area contributed by atoms with Crippen LogP contribution < -0.4 is 5.32 Å². The molecule has 0 aromatic heterocycles. The summed E-state index contributed by atoms with van der Waals surface area (Å²) in [4.78, 5) is 13.6. The quantitative estimate of drug-likeness (QED) is 0.647. The Morgan fingerprint density at radius 2 is 2.11 bits per heavy atom. The van der Waals surface area contributed by atoms with Gasteiger partial charge in [-0.15, -0.1) is 0 Å². The summed E-state index contributed by atoms with van der Waals surface area (Å²) < 4.78 is 0.988. The summed E-state index contributed by atoms with van der Waals surface area (Å²) in [5.74, 6) is -0.0514. The molecule has 1 amide bonds. The second-order valence-electron chi connectivity index (χ2n) is 4.30. The molecule has 4 heteroatoms. The van der Waals surface area contributed by atoms with E-state index < -0.39 is 0 Å². The SMILES string of the molecule is CN(C)CCCNC(=O)/C=C/c1ccccc1Br. The summed E-state index contributed by atoms with van der Waals surface area (Å²) in [6.07, 6.45) is 4.34. The molecule has 1 aromatic rings. The lowest BCUT2D eigenvalue weighted by molar-refractivity contribution is -0.116. The van der Waals surface area contributed by atoms with Crippen molar-refractivity contribution < 1.29 is 4.79 Å². The lowest BCUT2D eigenvalue weighted by atomic mass is 10.2. The van der Waals surface area contributed by atoms with Gasteiger partial charge in [0.1, 0.15) is 0 Å². The molecule has 98 valence electrons. The minimum atomic E-state index is -0.0514. The van der Waals surface area contributed by atoms with Crippen molar-refractivity contribution in [2.24, 2.45) is 0 Å². The lowest BCUT2D eigenvalue weighted by Crippen LogP contribution is -2.25. The molecule has 0 unspecified atom stereocenters. The van der Waals surface area contributed by atoms with Crippen molar-refractivity contribution >= 4 is 27.9 Å². The van der Waals surface area contributed by atoms with Crippen molar-refractivity contribution in [3.05, 3.63) is 40.4 Å². The van der Waals surface area contributed by atoms with Gasteiger partial charge >= 0.3 is 0 Å². The van der Waals surface area contributed by atoms with Crippen molar-refractivity contribution in [2.45, 2.75) is 6.42 Å². The molecule has 1 N–H and O–H groups in total. The van der Waals surface area contributed by atoms with Crippen LogP contribution in [0, 0.1) is 0 Å². The molecule has 0 bridgehead atoms. The minimum Gasteiger partial charge on any atom is -0.353 e. The van der Waals surface area contributed by atoms with E-state index in [2.05, 4.69) is 26.1 Å². The van der Waals surface area contributed by atoms with E-state index in [4.69, 9.17) is 0 Å². The molecule has 0 saturated heterocycles. The zero-order valence-corrected chi connectivity index (χ0v) is 12.4. The monoisotopic (exact) mass is 310 g/mol. The first kappa shape index (κ1) is 14.9. The van der Waals surface area contributed by atoms with E-state index in [1.54, 1.807) is 6.08 Å². The summed E-state index contributed by atoms with van der Waals surface area (Å²) in [7, 11) is 4.04. The molecule has 1 aromatic carbocycles. The Morgan fingerprint density at radius 1 is 1.39 bits per heavy atom. The smallest absolute Gasteiger partial charge is 0.244 e. The minimum absolute atomic E-state index is 0.0514. The number of rotatable bonds is 6. The van der Waals surface area contributed by atoms with E-state index >= 15 is 0 Å². The highest BCUT2D eigenvalue weighted by molar-refractivity contribution is 9.10. The number of carbonyl (C=O) groups is 1. The number of benzene rings is 1. The second kappa shape index (κ2) is 8.06. The van der Waals surface area contributed by atoms with Crippen molar-refractivity contribution in [3.8, 4) is 0 Å². The number of nitrogens with one attached hydrogen (secondary N) is 1. The van der Waals surface area contributed by atoms with Crippen LogP contribution in [0.25, 0.3) is 6.08 Å². The number of hydrogen-bond acceptors (Lipinski definition) is 2. The molecule has 0 saturated carbocycles. The number of amides is 1. The van der Waals surface area contributed by atoms with Gasteiger partial charge in [-0.05, 0) is 44.8 Å². The van der Waals surface area contributed by atoms with Crippen LogP contribution in [-0.4, -0.2) is 38.0 Å². The van der Waals surface area contributed by atoms with Crippen LogP contribution in [0.1, 0.15) is 12.0 Å². The van der Waals surface area contributed by atoms with Crippen LogP contribution in [0.4, 0.5) is 0 Å². The van der Waals surface area contributed by atoms with Crippen LogP contribution in [0.15, 0.2) is 34.8 Å². The first-order valence-corrected chi connectivity index (χ1v) is 6.74. The standard InChI is InChI=1S/C14H19BrN2O/c1-17(2)11-5-10-16-14(18)9-8-12-6-3-4-7-13(12)15/h3-4,6-9H,5,10-11H2,1-2H3,(H,16,18)/b9-8+. The molecule has 0 aliphatic carbocycles. The fourth-order valence-electron chi connectivity index (χ4n) is 1.44. The van der Waals surface area contributed by atoms with Crippen LogP contribution >= 0.6 is 15.9 Å². The molecular weight excluding hydrogens is 292 g/mol. The average molecular weight is 311 g/mol. The van der Waals surface area contributed by atoms with Gasteiger partial charge in [-0.2, -0.15) is 0 Å². The maximum absolute atomic E-state index is 11.5. The van der Waals surface area contributed by atoms with Gasteiger partial charge in [0.2, 0.25) is 5.91 Å². The van der Waals surface area contributed by atoms with Crippen molar-refractivity contribution in [1.82, 2.24) is 10.2 Å².